The summed E-state index contributed by atoms with van der Waals surface area (Å²) in [5.74, 6) is 1.87. The van der Waals surface area contributed by atoms with E-state index in [0.29, 0.717) is 6.04 Å². The van der Waals surface area contributed by atoms with Gasteiger partial charge < -0.3 is 5.32 Å². The van der Waals surface area contributed by atoms with Gasteiger partial charge in [-0.3, -0.25) is 4.90 Å². The van der Waals surface area contributed by atoms with Crippen LogP contribution in [0.5, 0.6) is 0 Å². The number of rotatable bonds is 3. The van der Waals surface area contributed by atoms with Gasteiger partial charge in [0, 0.05) is 18.1 Å². The second-order valence-corrected chi connectivity index (χ2v) is 6.96. The van der Waals surface area contributed by atoms with E-state index in [9.17, 15) is 0 Å². The van der Waals surface area contributed by atoms with Crippen molar-refractivity contribution in [1.29, 1.82) is 0 Å². The Hall–Kier alpha value is -0.0800. The minimum atomic E-state index is 0.713. The van der Waals surface area contributed by atoms with Gasteiger partial charge in [-0.25, -0.2) is 0 Å². The van der Waals surface area contributed by atoms with Crippen LogP contribution >= 0.6 is 0 Å². The third-order valence-corrected chi connectivity index (χ3v) is 5.53. The van der Waals surface area contributed by atoms with Crippen molar-refractivity contribution in [2.24, 2.45) is 11.8 Å². The van der Waals surface area contributed by atoms with E-state index < -0.39 is 0 Å². The van der Waals surface area contributed by atoms with Crippen molar-refractivity contribution in [3.05, 3.63) is 0 Å². The van der Waals surface area contributed by atoms with Gasteiger partial charge in [0.2, 0.25) is 0 Å². The third kappa shape index (κ3) is 3.27. The molecule has 1 N–H and O–H groups in total. The SMILES string of the molecule is CNC1CCC(C)CC1N(C)C1CCC(C)CC1. The molecule has 2 rings (SSSR count). The van der Waals surface area contributed by atoms with Crippen molar-refractivity contribution in [3.8, 4) is 0 Å². The lowest BCUT2D eigenvalue weighted by Crippen LogP contribution is -2.54. The molecule has 2 aliphatic carbocycles. The molecule has 3 unspecified atom stereocenters. The van der Waals surface area contributed by atoms with Crippen LogP contribution in [0.25, 0.3) is 0 Å². The summed E-state index contributed by atoms with van der Waals surface area (Å²) >= 11 is 0. The smallest absolute Gasteiger partial charge is 0.0251 e. The Kier molecular flexibility index (Phi) is 5.08. The van der Waals surface area contributed by atoms with Gasteiger partial charge in [0.05, 0.1) is 0 Å². The van der Waals surface area contributed by atoms with Crippen LogP contribution in [0, 0.1) is 11.8 Å². The zero-order chi connectivity index (χ0) is 13.1. The van der Waals surface area contributed by atoms with Gasteiger partial charge >= 0.3 is 0 Å². The minimum absolute atomic E-state index is 0.713. The third-order valence-electron chi connectivity index (χ3n) is 5.53. The Balaban J connectivity index is 1.94. The molecule has 2 aliphatic rings. The molecule has 2 heteroatoms. The molecule has 0 aromatic heterocycles. The molecule has 0 aromatic carbocycles. The number of hydrogen-bond donors (Lipinski definition) is 1. The molecule has 18 heavy (non-hydrogen) atoms. The molecule has 0 radical (unpaired) electrons. The van der Waals surface area contributed by atoms with Gasteiger partial charge in [0.1, 0.15) is 0 Å². The van der Waals surface area contributed by atoms with E-state index in [2.05, 4.69) is 38.2 Å². The Morgan fingerprint density at radius 1 is 0.889 bits per heavy atom. The zero-order valence-electron chi connectivity index (χ0n) is 12.8. The Morgan fingerprint density at radius 3 is 2.11 bits per heavy atom. The predicted molar refractivity (Wildman–Crippen MR) is 78.8 cm³/mol. The highest BCUT2D eigenvalue weighted by molar-refractivity contribution is 4.91. The molecule has 0 amide bonds. The maximum Gasteiger partial charge on any atom is 0.0251 e. The molecule has 2 nitrogen and oxygen atoms in total. The first-order valence-corrected chi connectivity index (χ1v) is 8.01. The van der Waals surface area contributed by atoms with E-state index in [1.807, 2.05) is 0 Å². The average molecular weight is 252 g/mol. The zero-order valence-corrected chi connectivity index (χ0v) is 12.8. The van der Waals surface area contributed by atoms with Gasteiger partial charge in [0.15, 0.2) is 0 Å². The summed E-state index contributed by atoms with van der Waals surface area (Å²) in [6, 6.07) is 2.31. The number of hydrogen-bond acceptors (Lipinski definition) is 2. The van der Waals surface area contributed by atoms with Gasteiger partial charge in [-0.2, -0.15) is 0 Å². The maximum atomic E-state index is 3.56. The topological polar surface area (TPSA) is 15.3 Å². The number of nitrogens with one attached hydrogen (secondary N) is 1. The molecule has 0 aliphatic heterocycles. The summed E-state index contributed by atoms with van der Waals surface area (Å²) in [5, 5.41) is 3.56. The minimum Gasteiger partial charge on any atom is -0.315 e. The van der Waals surface area contributed by atoms with Crippen LogP contribution in [-0.4, -0.2) is 37.1 Å². The molecule has 2 fully saturated rings. The van der Waals surface area contributed by atoms with Crippen LogP contribution < -0.4 is 5.32 Å². The summed E-state index contributed by atoms with van der Waals surface area (Å²) in [4.78, 5) is 2.72. The molecule has 0 heterocycles. The summed E-state index contributed by atoms with van der Waals surface area (Å²) in [5.41, 5.74) is 0. The van der Waals surface area contributed by atoms with E-state index >= 15 is 0 Å². The average Bonchev–Trinajstić information content (AvgIpc) is 2.39. The first kappa shape index (κ1) is 14.3. The second-order valence-electron chi connectivity index (χ2n) is 6.96. The summed E-state index contributed by atoms with van der Waals surface area (Å²) in [7, 11) is 4.53. The predicted octanol–water partition coefficient (Wildman–Crippen LogP) is 3.27. The van der Waals surface area contributed by atoms with E-state index in [1.165, 1.54) is 44.9 Å². The standard InChI is InChI=1S/C16H32N2/c1-12-5-8-14(9-6-12)18(4)16-11-13(2)7-10-15(16)17-3/h12-17H,5-11H2,1-4H3. The molecule has 0 saturated heterocycles. The van der Waals surface area contributed by atoms with E-state index in [-0.39, 0.29) is 0 Å². The van der Waals surface area contributed by atoms with Crippen LogP contribution in [0.1, 0.15) is 58.8 Å². The van der Waals surface area contributed by atoms with Crippen molar-refractivity contribution < 1.29 is 0 Å². The second kappa shape index (κ2) is 6.38. The fourth-order valence-electron chi connectivity index (χ4n) is 4.06. The van der Waals surface area contributed by atoms with Crippen molar-refractivity contribution in [1.82, 2.24) is 10.2 Å². The largest absolute Gasteiger partial charge is 0.315 e. The molecule has 106 valence electrons. The van der Waals surface area contributed by atoms with Crippen LogP contribution in [0.4, 0.5) is 0 Å². The first-order valence-electron chi connectivity index (χ1n) is 8.01. The van der Waals surface area contributed by atoms with E-state index in [4.69, 9.17) is 0 Å². The summed E-state index contributed by atoms with van der Waals surface area (Å²) in [6.07, 6.45) is 9.84. The lowest BCUT2D eigenvalue weighted by molar-refractivity contribution is 0.0661. The van der Waals surface area contributed by atoms with Crippen molar-refractivity contribution in [3.63, 3.8) is 0 Å². The van der Waals surface area contributed by atoms with Crippen LogP contribution in [0.3, 0.4) is 0 Å². The molecular weight excluding hydrogens is 220 g/mol. The van der Waals surface area contributed by atoms with E-state index in [1.54, 1.807) is 0 Å². The lowest BCUT2D eigenvalue weighted by Gasteiger charge is -2.45. The highest BCUT2D eigenvalue weighted by atomic mass is 15.2. The van der Waals surface area contributed by atoms with Crippen molar-refractivity contribution in [2.75, 3.05) is 14.1 Å². The monoisotopic (exact) mass is 252 g/mol. The lowest BCUT2D eigenvalue weighted by atomic mass is 9.80. The van der Waals surface area contributed by atoms with Gasteiger partial charge in [-0.15, -0.1) is 0 Å². The summed E-state index contributed by atoms with van der Waals surface area (Å²) in [6.45, 7) is 4.84. The highest BCUT2D eigenvalue weighted by Crippen LogP contribution is 2.32. The Morgan fingerprint density at radius 2 is 1.50 bits per heavy atom. The molecule has 3 atom stereocenters. The molecular formula is C16H32N2. The fraction of sp³-hybridized carbons (Fsp3) is 1.00. The maximum absolute atomic E-state index is 3.56. The van der Waals surface area contributed by atoms with Gasteiger partial charge in [-0.1, -0.05) is 13.8 Å². The Bertz CT molecular complexity index is 245. The van der Waals surface area contributed by atoms with Gasteiger partial charge in [-0.05, 0) is 70.9 Å². The van der Waals surface area contributed by atoms with Crippen LogP contribution in [0.2, 0.25) is 0 Å². The Labute approximate surface area is 114 Å². The molecule has 2 saturated carbocycles. The molecule has 0 aromatic rings. The summed E-state index contributed by atoms with van der Waals surface area (Å²) < 4.78 is 0. The normalized spacial score (nSPS) is 42.2. The first-order chi connectivity index (χ1) is 8.61. The fourth-order valence-corrected chi connectivity index (χ4v) is 4.06. The van der Waals surface area contributed by atoms with E-state index in [0.717, 1.165) is 23.9 Å². The van der Waals surface area contributed by atoms with Crippen molar-refractivity contribution in [2.45, 2.75) is 76.9 Å². The molecule has 0 bridgehead atoms. The number of nitrogens with zero attached hydrogens (tertiary/aromatic N) is 1. The number of likely N-dealkylation sites (N-methyl/N-ethyl adjacent to an activating group) is 2. The van der Waals surface area contributed by atoms with Crippen LogP contribution in [-0.2, 0) is 0 Å². The van der Waals surface area contributed by atoms with Crippen LogP contribution in [0.15, 0.2) is 0 Å². The molecule has 0 spiro atoms. The highest BCUT2D eigenvalue weighted by Gasteiger charge is 2.34. The van der Waals surface area contributed by atoms with Crippen molar-refractivity contribution >= 4 is 0 Å². The van der Waals surface area contributed by atoms with Gasteiger partial charge in [0.25, 0.3) is 0 Å². The quantitative estimate of drug-likeness (QED) is 0.829.